The summed E-state index contributed by atoms with van der Waals surface area (Å²) in [6.45, 7) is 0. The van der Waals surface area contributed by atoms with Crippen molar-refractivity contribution in [3.05, 3.63) is 279 Å². The van der Waals surface area contributed by atoms with Gasteiger partial charge in [-0.15, -0.1) is 0 Å². The number of benzene rings is 15. The van der Waals surface area contributed by atoms with Crippen LogP contribution < -0.4 is 0 Å². The Morgan fingerprint density at radius 1 is 0.163 bits per heavy atom. The van der Waals surface area contributed by atoms with Gasteiger partial charge >= 0.3 is 0 Å². The summed E-state index contributed by atoms with van der Waals surface area (Å²) in [5.41, 5.74) is 17.9. The molecule has 0 atom stereocenters. The minimum Gasteiger partial charge on any atom is -0.456 e. The van der Waals surface area contributed by atoms with Crippen LogP contribution in [0.3, 0.4) is 0 Å². The maximum atomic E-state index is 6.71. The number of rotatable bonds is 6. The van der Waals surface area contributed by atoms with Crippen molar-refractivity contribution in [2.45, 2.75) is 0 Å². The molecule has 0 spiro atoms. The molecule has 0 saturated heterocycles. The monoisotopic (exact) mass is 1010 g/mol. The minimum absolute atomic E-state index is 0.869. The van der Waals surface area contributed by atoms with Crippen molar-refractivity contribution in [1.82, 2.24) is 0 Å². The highest BCUT2D eigenvalue weighted by Crippen LogP contribution is 2.48. The largest absolute Gasteiger partial charge is 0.456 e. The van der Waals surface area contributed by atoms with Crippen molar-refractivity contribution in [2.75, 3.05) is 0 Å². The summed E-state index contributed by atoms with van der Waals surface area (Å²) in [4.78, 5) is 0. The lowest BCUT2D eigenvalue weighted by molar-refractivity contribution is 0.668. The Hall–Kier alpha value is -10.5. The molecule has 0 aliphatic rings. The second-order valence-corrected chi connectivity index (χ2v) is 21.4. The third kappa shape index (κ3) is 6.79. The van der Waals surface area contributed by atoms with Crippen molar-refractivity contribution >= 4 is 109 Å². The highest BCUT2D eigenvalue weighted by atomic mass is 16.3. The van der Waals surface area contributed by atoms with E-state index in [1.807, 2.05) is 0 Å². The van der Waals surface area contributed by atoms with Gasteiger partial charge in [-0.1, -0.05) is 224 Å². The van der Waals surface area contributed by atoms with Gasteiger partial charge in [0.2, 0.25) is 0 Å². The first kappa shape index (κ1) is 44.6. The zero-order valence-electron chi connectivity index (χ0n) is 43.4. The van der Waals surface area contributed by atoms with Crippen molar-refractivity contribution in [3.63, 3.8) is 0 Å². The van der Waals surface area contributed by atoms with Crippen LogP contribution in [0.1, 0.15) is 0 Å². The maximum absolute atomic E-state index is 6.71. The fourth-order valence-electron chi connectivity index (χ4n) is 13.4. The molecule has 0 fully saturated rings. The van der Waals surface area contributed by atoms with Crippen LogP contribution in [0, 0.1) is 0 Å². The normalized spacial score (nSPS) is 12.0. The van der Waals surface area contributed by atoms with Crippen LogP contribution in [0.5, 0.6) is 0 Å². The van der Waals surface area contributed by atoms with E-state index in [0.29, 0.717) is 0 Å². The average molecular weight is 1020 g/mol. The molecule has 0 saturated carbocycles. The Morgan fingerprint density at radius 3 is 0.900 bits per heavy atom. The molecule has 0 bridgehead atoms. The van der Waals surface area contributed by atoms with E-state index in [1.165, 1.54) is 98.4 Å². The molecule has 0 unspecified atom stereocenters. The van der Waals surface area contributed by atoms with Gasteiger partial charge in [0.25, 0.3) is 0 Å². The zero-order chi connectivity index (χ0) is 52.4. The summed E-state index contributed by atoms with van der Waals surface area (Å²) in [6.07, 6.45) is 0. The second kappa shape index (κ2) is 17.5. The van der Waals surface area contributed by atoms with E-state index >= 15 is 0 Å². The van der Waals surface area contributed by atoms with Crippen LogP contribution in [-0.4, -0.2) is 0 Å². The molecule has 2 nitrogen and oxygen atoms in total. The zero-order valence-corrected chi connectivity index (χ0v) is 43.4. The molecule has 0 aliphatic carbocycles. The molecule has 2 heterocycles. The second-order valence-electron chi connectivity index (χ2n) is 21.4. The van der Waals surface area contributed by atoms with E-state index < -0.39 is 0 Å². The average Bonchev–Trinajstić information content (AvgIpc) is 4.17. The SMILES string of the molecule is c1ccc(-c2c3ccccc3c(-c3ccc(-c4ccc5c(c4)oc4ccc6c(ccc7oc8cc(-c9ccc(-c%10c%11ccccc%11c(-c%11ccc%12ccccc%12c%11)c%11ccccc%10%11)cc9)ccc8c76)c45)cc3)c3ccccc23)cc1. The quantitative estimate of drug-likeness (QED) is 0.155. The topological polar surface area (TPSA) is 26.3 Å². The summed E-state index contributed by atoms with van der Waals surface area (Å²) in [5.74, 6) is 0. The first-order valence-corrected chi connectivity index (χ1v) is 27.5. The fraction of sp³-hybridized carbons (Fsp3) is 0. The molecule has 370 valence electrons. The lowest BCUT2D eigenvalue weighted by Gasteiger charge is -2.18. The van der Waals surface area contributed by atoms with Crippen molar-refractivity contribution in [1.29, 1.82) is 0 Å². The van der Waals surface area contributed by atoms with Gasteiger partial charge in [-0.2, -0.15) is 0 Å². The lowest BCUT2D eigenvalue weighted by Crippen LogP contribution is -1.91. The van der Waals surface area contributed by atoms with E-state index in [2.05, 4.69) is 279 Å². The highest BCUT2D eigenvalue weighted by Gasteiger charge is 2.21. The highest BCUT2D eigenvalue weighted by molar-refractivity contribution is 6.28. The number of hydrogen-bond acceptors (Lipinski definition) is 2. The molecule has 17 aromatic rings. The van der Waals surface area contributed by atoms with Crippen LogP contribution in [0.25, 0.3) is 175 Å². The third-order valence-corrected chi connectivity index (χ3v) is 17.0. The predicted molar refractivity (Wildman–Crippen MR) is 339 cm³/mol. The Kier molecular flexibility index (Phi) is 9.75. The van der Waals surface area contributed by atoms with Crippen LogP contribution >= 0.6 is 0 Å². The number of hydrogen-bond donors (Lipinski definition) is 0. The first-order valence-electron chi connectivity index (χ1n) is 27.5. The first-order chi connectivity index (χ1) is 39.7. The third-order valence-electron chi connectivity index (χ3n) is 17.0. The molecule has 17 rings (SSSR count). The fourth-order valence-corrected chi connectivity index (χ4v) is 13.4. The molecule has 2 aromatic heterocycles. The Morgan fingerprint density at radius 2 is 0.475 bits per heavy atom. The van der Waals surface area contributed by atoms with E-state index in [1.54, 1.807) is 0 Å². The molecular weight excluding hydrogens is 969 g/mol. The van der Waals surface area contributed by atoms with Gasteiger partial charge in [0.05, 0.1) is 0 Å². The van der Waals surface area contributed by atoms with Crippen molar-refractivity contribution in [3.8, 4) is 66.8 Å². The summed E-state index contributed by atoms with van der Waals surface area (Å²) >= 11 is 0. The van der Waals surface area contributed by atoms with Crippen LogP contribution in [0.15, 0.2) is 288 Å². The molecule has 80 heavy (non-hydrogen) atoms. The van der Waals surface area contributed by atoms with Gasteiger partial charge in [-0.25, -0.2) is 0 Å². The number of fused-ring (bicyclic) bond motifs is 14. The molecule has 0 aliphatic heterocycles. The lowest BCUT2D eigenvalue weighted by atomic mass is 9.85. The van der Waals surface area contributed by atoms with Crippen molar-refractivity contribution < 1.29 is 8.83 Å². The summed E-state index contributed by atoms with van der Waals surface area (Å²) in [5, 5.41) is 19.2. The summed E-state index contributed by atoms with van der Waals surface area (Å²) < 4.78 is 13.4. The van der Waals surface area contributed by atoms with Gasteiger partial charge in [-0.3, -0.25) is 0 Å². The Bertz CT molecular complexity index is 5280. The van der Waals surface area contributed by atoms with Crippen molar-refractivity contribution in [2.24, 2.45) is 0 Å². The van der Waals surface area contributed by atoms with Gasteiger partial charge in [0, 0.05) is 21.5 Å². The van der Waals surface area contributed by atoms with Gasteiger partial charge in [0.1, 0.15) is 22.3 Å². The molecule has 2 heteroatoms. The molecule has 0 N–H and O–H groups in total. The van der Waals surface area contributed by atoms with E-state index in [0.717, 1.165) is 76.9 Å². The van der Waals surface area contributed by atoms with Gasteiger partial charge in [-0.05, 0) is 186 Å². The molecule has 0 amide bonds. The van der Waals surface area contributed by atoms with E-state index in [4.69, 9.17) is 8.83 Å². The summed E-state index contributed by atoms with van der Waals surface area (Å²) in [7, 11) is 0. The van der Waals surface area contributed by atoms with E-state index in [-0.39, 0.29) is 0 Å². The smallest absolute Gasteiger partial charge is 0.136 e. The standard InChI is InChI=1S/C78H46O2/c1-2-15-50(16-3-1)73-57-18-6-8-20-59(57)74(60-21-9-7-19-58(60)73)51-31-26-48(27-32-51)54-36-38-67-71(45-54)79-69-42-40-66-65(77(67)69)41-43-70-78(66)68-39-37-55(46-72(68)80-70)49-28-33-52(34-29-49)75-61-22-10-12-24-63(61)76(64-25-13-11-23-62(64)75)56-35-30-47-14-4-5-17-53(47)44-56/h1-46H. The predicted octanol–water partition coefficient (Wildman–Crippen LogP) is 22.4. The molecule has 15 aromatic carbocycles. The summed E-state index contributed by atoms with van der Waals surface area (Å²) in [6, 6.07) is 102. The van der Waals surface area contributed by atoms with Gasteiger partial charge < -0.3 is 8.83 Å². The maximum Gasteiger partial charge on any atom is 0.136 e. The van der Waals surface area contributed by atoms with E-state index in [9.17, 15) is 0 Å². The van der Waals surface area contributed by atoms with Crippen LogP contribution in [-0.2, 0) is 0 Å². The minimum atomic E-state index is 0.869. The number of furan rings is 2. The van der Waals surface area contributed by atoms with Crippen LogP contribution in [0.2, 0.25) is 0 Å². The Labute approximate surface area is 460 Å². The Balaban J connectivity index is 0.706. The van der Waals surface area contributed by atoms with Crippen LogP contribution in [0.4, 0.5) is 0 Å². The molecular formula is C78H46O2. The molecule has 0 radical (unpaired) electrons. The van der Waals surface area contributed by atoms with Gasteiger partial charge in [0.15, 0.2) is 0 Å².